The molecule has 0 saturated carbocycles. The van der Waals surface area contributed by atoms with Gasteiger partial charge in [0.05, 0.1) is 26.7 Å². The molecule has 0 bridgehead atoms. The van der Waals surface area contributed by atoms with Gasteiger partial charge in [-0.15, -0.1) is 0 Å². The van der Waals surface area contributed by atoms with E-state index < -0.39 is 0 Å². The molecule has 0 atom stereocenters. The number of carbonyl (C=O) groups excluding carboxylic acids is 1. The van der Waals surface area contributed by atoms with Crippen LogP contribution in [0.15, 0.2) is 78.9 Å². The summed E-state index contributed by atoms with van der Waals surface area (Å²) in [4.78, 5) is 15.5. The Kier molecular flexibility index (Phi) is 13.3. The maximum absolute atomic E-state index is 13.8. The van der Waals surface area contributed by atoms with Crippen molar-refractivity contribution >= 4 is 52.3 Å². The summed E-state index contributed by atoms with van der Waals surface area (Å²) in [6, 6.07) is 24.7. The molecule has 0 fully saturated rings. The number of halogens is 4. The number of aliphatic hydroxyl groups is 1. The molecular weight excluding hydrogens is 636 g/mol. The molecule has 0 spiro atoms. The van der Waals surface area contributed by atoms with E-state index in [1.807, 2.05) is 19.2 Å². The minimum absolute atomic E-state index is 0.0576. The molecule has 0 aliphatic heterocycles. The van der Waals surface area contributed by atoms with Crippen molar-refractivity contribution in [3.05, 3.63) is 110 Å². The first-order valence-corrected chi connectivity index (χ1v) is 16.4. The zero-order chi connectivity index (χ0) is 31.5. The van der Waals surface area contributed by atoms with Gasteiger partial charge in [-0.25, -0.2) is 0 Å². The summed E-state index contributed by atoms with van der Waals surface area (Å²) in [5, 5.41) is 11.2. The molecule has 4 aromatic rings. The van der Waals surface area contributed by atoms with Crippen LogP contribution in [0.5, 0.6) is 5.75 Å². The van der Waals surface area contributed by atoms with E-state index in [0.29, 0.717) is 49.1 Å². The molecular formula is C36H37Cl4NO3. The summed E-state index contributed by atoms with van der Waals surface area (Å²) in [6.07, 6.45) is 7.87. The summed E-state index contributed by atoms with van der Waals surface area (Å²) >= 11 is 25.2. The number of nitrogens with zero attached hydrogens (tertiary/aromatic N) is 1. The van der Waals surface area contributed by atoms with Crippen molar-refractivity contribution in [1.29, 1.82) is 0 Å². The van der Waals surface area contributed by atoms with E-state index in [2.05, 4.69) is 30.3 Å². The lowest BCUT2D eigenvalue weighted by molar-refractivity contribution is 0.0792. The van der Waals surface area contributed by atoms with Crippen LogP contribution >= 0.6 is 46.4 Å². The number of hydrogen-bond acceptors (Lipinski definition) is 3. The Hall–Kier alpha value is -2.73. The van der Waals surface area contributed by atoms with Crippen LogP contribution in [-0.4, -0.2) is 42.7 Å². The van der Waals surface area contributed by atoms with Crippen LogP contribution in [0.2, 0.25) is 20.1 Å². The number of aliphatic hydroxyl groups excluding tert-OH is 1. The van der Waals surface area contributed by atoms with Gasteiger partial charge in [-0.3, -0.25) is 4.79 Å². The molecule has 4 rings (SSSR count). The van der Waals surface area contributed by atoms with Gasteiger partial charge in [-0.05, 0) is 72.4 Å². The number of rotatable bonds is 15. The molecule has 0 radical (unpaired) electrons. The van der Waals surface area contributed by atoms with E-state index in [1.165, 1.54) is 24.8 Å². The van der Waals surface area contributed by atoms with E-state index in [4.69, 9.17) is 51.1 Å². The molecule has 8 heteroatoms. The van der Waals surface area contributed by atoms with E-state index in [1.54, 1.807) is 41.3 Å². The van der Waals surface area contributed by atoms with Crippen LogP contribution in [0.25, 0.3) is 22.3 Å². The lowest BCUT2D eigenvalue weighted by Crippen LogP contribution is -2.28. The molecule has 0 aliphatic rings. The van der Waals surface area contributed by atoms with Gasteiger partial charge in [-0.2, -0.15) is 0 Å². The number of hydrogen-bond donors (Lipinski definition) is 1. The molecule has 44 heavy (non-hydrogen) atoms. The molecule has 4 nitrogen and oxygen atoms in total. The Balaban J connectivity index is 1.51. The van der Waals surface area contributed by atoms with Crippen LogP contribution in [0.4, 0.5) is 0 Å². The van der Waals surface area contributed by atoms with Crippen LogP contribution in [-0.2, 0) is 6.42 Å². The molecule has 1 amide bonds. The standard InChI is InChI=1S/C36H37Cl4NO3/c1-41(18-10-5-3-2-4-7-11-25-12-8-6-9-13-25)36(43)28-21-29(26-14-16-31(37)33(39)23-26)35(44-20-19-42)30(22-28)27-15-17-32(38)34(40)24-27/h6,8-9,12-17,21-24,42H,2-5,7,10-11,18-20H2,1H3. The highest BCUT2D eigenvalue weighted by molar-refractivity contribution is 6.42. The Morgan fingerprint density at radius 3 is 1.80 bits per heavy atom. The minimum atomic E-state index is -0.182. The van der Waals surface area contributed by atoms with Gasteiger partial charge < -0.3 is 14.7 Å². The van der Waals surface area contributed by atoms with Crippen molar-refractivity contribution in [3.63, 3.8) is 0 Å². The summed E-state index contributed by atoms with van der Waals surface area (Å²) < 4.78 is 6.08. The number of ether oxygens (including phenoxy) is 1. The third-order valence-corrected chi connectivity index (χ3v) is 9.01. The Morgan fingerprint density at radius 2 is 1.25 bits per heavy atom. The van der Waals surface area contributed by atoms with E-state index in [-0.39, 0.29) is 19.1 Å². The Bertz CT molecular complexity index is 1470. The third kappa shape index (κ3) is 9.39. The van der Waals surface area contributed by atoms with E-state index >= 15 is 0 Å². The molecule has 0 heterocycles. The molecule has 4 aromatic carbocycles. The van der Waals surface area contributed by atoms with Crippen molar-refractivity contribution in [1.82, 2.24) is 4.90 Å². The van der Waals surface area contributed by atoms with E-state index in [9.17, 15) is 9.90 Å². The molecule has 0 aromatic heterocycles. The molecule has 0 saturated heterocycles. The number of carbonyl (C=O) groups is 1. The lowest BCUT2D eigenvalue weighted by atomic mass is 9.94. The van der Waals surface area contributed by atoms with Crippen molar-refractivity contribution in [3.8, 4) is 28.0 Å². The average Bonchev–Trinajstić information content (AvgIpc) is 3.03. The highest BCUT2D eigenvalue weighted by atomic mass is 35.5. The number of aryl methyl sites for hydroxylation is 1. The van der Waals surface area contributed by atoms with Crippen molar-refractivity contribution in [2.45, 2.75) is 44.9 Å². The summed E-state index contributed by atoms with van der Waals surface area (Å²) in [7, 11) is 1.83. The maximum atomic E-state index is 13.8. The largest absolute Gasteiger partial charge is 0.490 e. The first-order chi connectivity index (χ1) is 21.3. The van der Waals surface area contributed by atoms with Gasteiger partial charge >= 0.3 is 0 Å². The van der Waals surface area contributed by atoms with Gasteiger partial charge in [0.15, 0.2) is 0 Å². The van der Waals surface area contributed by atoms with Gasteiger partial charge in [0, 0.05) is 30.3 Å². The van der Waals surface area contributed by atoms with Gasteiger partial charge in [0.1, 0.15) is 12.4 Å². The first-order valence-electron chi connectivity index (χ1n) is 14.9. The average molecular weight is 674 g/mol. The highest BCUT2D eigenvalue weighted by Gasteiger charge is 2.21. The number of unbranched alkanes of at least 4 members (excludes halogenated alkanes) is 5. The van der Waals surface area contributed by atoms with Crippen LogP contribution in [0.3, 0.4) is 0 Å². The molecule has 232 valence electrons. The molecule has 0 unspecified atom stereocenters. The van der Waals surface area contributed by atoms with Gasteiger partial charge in [0.25, 0.3) is 5.91 Å². The molecule has 0 aliphatic carbocycles. The summed E-state index contributed by atoms with van der Waals surface area (Å²) in [5.41, 5.74) is 4.62. The predicted molar refractivity (Wildman–Crippen MR) is 185 cm³/mol. The second-order valence-electron chi connectivity index (χ2n) is 10.8. The van der Waals surface area contributed by atoms with Crippen LogP contribution < -0.4 is 4.74 Å². The van der Waals surface area contributed by atoms with Gasteiger partial charge in [0.2, 0.25) is 0 Å². The highest BCUT2D eigenvalue weighted by Crippen LogP contribution is 2.43. The fourth-order valence-corrected chi connectivity index (χ4v) is 5.76. The zero-order valence-electron chi connectivity index (χ0n) is 24.8. The quantitative estimate of drug-likeness (QED) is 0.128. The topological polar surface area (TPSA) is 49.8 Å². The number of amides is 1. The molecule has 1 N–H and O–H groups in total. The maximum Gasteiger partial charge on any atom is 0.253 e. The number of benzene rings is 4. The third-order valence-electron chi connectivity index (χ3n) is 7.53. The minimum Gasteiger partial charge on any atom is -0.490 e. The fourth-order valence-electron chi connectivity index (χ4n) is 5.16. The van der Waals surface area contributed by atoms with Crippen LogP contribution in [0, 0.1) is 0 Å². The van der Waals surface area contributed by atoms with Crippen molar-refractivity contribution in [2.24, 2.45) is 0 Å². The second-order valence-corrected chi connectivity index (χ2v) is 12.4. The SMILES string of the molecule is CN(CCCCCCCCc1ccccc1)C(=O)c1cc(-c2ccc(Cl)c(Cl)c2)c(OCCO)c(-c2ccc(Cl)c(Cl)c2)c1. The summed E-state index contributed by atoms with van der Waals surface area (Å²) in [5.74, 6) is 0.381. The second kappa shape index (κ2) is 17.1. The zero-order valence-corrected chi connectivity index (χ0v) is 27.8. The lowest BCUT2D eigenvalue weighted by Gasteiger charge is -2.21. The van der Waals surface area contributed by atoms with Crippen LogP contribution in [0.1, 0.15) is 54.4 Å². The normalized spacial score (nSPS) is 11.0. The smallest absolute Gasteiger partial charge is 0.253 e. The summed E-state index contributed by atoms with van der Waals surface area (Å²) in [6.45, 7) is 0.524. The predicted octanol–water partition coefficient (Wildman–Crippen LogP) is 10.7. The van der Waals surface area contributed by atoms with E-state index in [0.717, 1.165) is 36.8 Å². The Morgan fingerprint density at radius 1 is 0.705 bits per heavy atom. The Labute approximate surface area is 280 Å². The van der Waals surface area contributed by atoms with Gasteiger partial charge in [-0.1, -0.05) is 115 Å². The fraction of sp³-hybridized carbons (Fsp3) is 0.306. The van der Waals surface area contributed by atoms with Crippen molar-refractivity contribution in [2.75, 3.05) is 26.8 Å². The monoisotopic (exact) mass is 671 g/mol. The first kappa shape index (κ1) is 34.1. The van der Waals surface area contributed by atoms with Crippen molar-refractivity contribution < 1.29 is 14.6 Å².